The van der Waals surface area contributed by atoms with E-state index in [4.69, 9.17) is 4.98 Å². The fraction of sp³-hybridized carbons (Fsp3) is 0.206. The van der Waals surface area contributed by atoms with E-state index in [2.05, 4.69) is 26.6 Å². The monoisotopic (exact) mass is 543 g/mol. The van der Waals surface area contributed by atoms with E-state index < -0.39 is 0 Å². The summed E-state index contributed by atoms with van der Waals surface area (Å²) in [5.74, 6) is -0.0580. The van der Waals surface area contributed by atoms with Gasteiger partial charge >= 0.3 is 0 Å². The van der Waals surface area contributed by atoms with Crippen molar-refractivity contribution in [3.8, 4) is 33.8 Å². The topological polar surface area (TPSA) is 86.5 Å². The smallest absolute Gasteiger partial charge is 0.227 e. The van der Waals surface area contributed by atoms with E-state index in [9.17, 15) is 9.18 Å². The number of amides is 1. The van der Waals surface area contributed by atoms with E-state index in [1.54, 1.807) is 18.3 Å². The van der Waals surface area contributed by atoms with Gasteiger partial charge in [-0.15, -0.1) is 0 Å². The number of nitrogens with zero attached hydrogens (tertiary/aromatic N) is 2. The molecule has 204 valence electrons. The number of H-pyrrole nitrogens is 2. The van der Waals surface area contributed by atoms with Crippen LogP contribution in [0.3, 0.4) is 0 Å². The number of nitrogens with one attached hydrogen (secondary N) is 3. The summed E-state index contributed by atoms with van der Waals surface area (Å²) < 4.78 is 14.7. The van der Waals surface area contributed by atoms with Crippen molar-refractivity contribution < 1.29 is 9.18 Å². The molecule has 1 aliphatic carbocycles. The van der Waals surface area contributed by atoms with Crippen LogP contribution in [-0.2, 0) is 4.79 Å². The van der Waals surface area contributed by atoms with E-state index in [-0.39, 0.29) is 17.6 Å². The van der Waals surface area contributed by atoms with E-state index >= 15 is 0 Å². The van der Waals surface area contributed by atoms with Crippen LogP contribution in [0, 0.1) is 18.7 Å². The van der Waals surface area contributed by atoms with E-state index in [1.807, 2.05) is 55.5 Å². The lowest BCUT2D eigenvalue weighted by atomic mass is 9.88. The van der Waals surface area contributed by atoms with Crippen molar-refractivity contribution in [2.75, 3.05) is 5.32 Å². The molecule has 7 rings (SSSR count). The minimum absolute atomic E-state index is 0.0888. The van der Waals surface area contributed by atoms with Gasteiger partial charge in [-0.25, -0.2) is 4.39 Å². The number of pyridine rings is 1. The predicted molar refractivity (Wildman–Crippen MR) is 162 cm³/mol. The van der Waals surface area contributed by atoms with Gasteiger partial charge in [0.2, 0.25) is 5.91 Å². The Morgan fingerprint density at radius 2 is 1.73 bits per heavy atom. The molecule has 6 nitrogen and oxygen atoms in total. The molecule has 0 saturated heterocycles. The molecule has 1 fully saturated rings. The summed E-state index contributed by atoms with van der Waals surface area (Å²) >= 11 is 0. The Balaban J connectivity index is 1.25. The number of anilines is 1. The van der Waals surface area contributed by atoms with Crippen molar-refractivity contribution in [1.82, 2.24) is 20.2 Å². The fourth-order valence-electron chi connectivity index (χ4n) is 6.09. The third kappa shape index (κ3) is 4.78. The maximum absolute atomic E-state index is 14.7. The molecule has 1 aliphatic rings. The molecule has 0 spiro atoms. The van der Waals surface area contributed by atoms with Crippen molar-refractivity contribution in [2.45, 2.75) is 39.0 Å². The van der Waals surface area contributed by atoms with Crippen LogP contribution in [0.5, 0.6) is 0 Å². The molecule has 6 aromatic rings. The highest BCUT2D eigenvalue weighted by Gasteiger charge is 2.21. The standard InChI is InChI=1S/C34H30FN5O/c1-20-14-22(16-23(15-20)37-34(41)21-8-3-2-4-9-21)30-18-27-32(19-36-30)39-40-33(27)31-17-26-24(11-7-13-29(26)38-31)25-10-5-6-12-28(25)35/h5-7,10-19,21,38H,2-4,8-9H2,1H3,(H,37,41)(H,39,40). The maximum Gasteiger partial charge on any atom is 0.227 e. The number of fused-ring (bicyclic) bond motifs is 2. The van der Waals surface area contributed by atoms with Gasteiger partial charge in [0.15, 0.2) is 0 Å². The third-order valence-electron chi connectivity index (χ3n) is 8.15. The van der Waals surface area contributed by atoms with Crippen LogP contribution in [0.2, 0.25) is 0 Å². The first kappa shape index (κ1) is 25.2. The van der Waals surface area contributed by atoms with Gasteiger partial charge in [0.25, 0.3) is 0 Å². The molecule has 7 heteroatoms. The van der Waals surface area contributed by atoms with Crippen LogP contribution in [0.15, 0.2) is 79.0 Å². The van der Waals surface area contributed by atoms with Gasteiger partial charge in [-0.2, -0.15) is 5.10 Å². The second kappa shape index (κ2) is 10.3. The van der Waals surface area contributed by atoms with Gasteiger partial charge < -0.3 is 10.3 Å². The molecule has 0 atom stereocenters. The molecule has 3 aromatic heterocycles. The van der Waals surface area contributed by atoms with Crippen LogP contribution >= 0.6 is 0 Å². The molecular weight excluding hydrogens is 513 g/mol. The summed E-state index contributed by atoms with van der Waals surface area (Å²) in [6.07, 6.45) is 7.16. The summed E-state index contributed by atoms with van der Waals surface area (Å²) in [4.78, 5) is 21.1. The molecule has 0 radical (unpaired) electrons. The molecule has 1 amide bonds. The third-order valence-corrected chi connectivity index (χ3v) is 8.15. The minimum Gasteiger partial charge on any atom is -0.353 e. The number of hydrogen-bond donors (Lipinski definition) is 3. The Morgan fingerprint density at radius 3 is 2.59 bits per heavy atom. The molecule has 3 N–H and O–H groups in total. The number of carbonyl (C=O) groups excluding carboxylic acids is 1. The van der Waals surface area contributed by atoms with Gasteiger partial charge in [-0.05, 0) is 73.4 Å². The first-order valence-corrected chi connectivity index (χ1v) is 14.2. The molecule has 0 unspecified atom stereocenters. The summed E-state index contributed by atoms with van der Waals surface area (Å²) in [5, 5.41) is 12.7. The minimum atomic E-state index is -0.254. The second-order valence-corrected chi connectivity index (χ2v) is 11.0. The molecule has 1 saturated carbocycles. The van der Waals surface area contributed by atoms with Gasteiger partial charge in [-0.1, -0.05) is 49.6 Å². The average Bonchev–Trinajstić information content (AvgIpc) is 3.61. The zero-order chi connectivity index (χ0) is 27.9. The molecular formula is C34H30FN5O. The Kier molecular flexibility index (Phi) is 6.34. The second-order valence-electron chi connectivity index (χ2n) is 11.0. The van der Waals surface area contributed by atoms with Gasteiger partial charge in [0.1, 0.15) is 11.5 Å². The van der Waals surface area contributed by atoms with Crippen LogP contribution in [0.1, 0.15) is 37.7 Å². The Labute approximate surface area is 237 Å². The number of carbonyl (C=O) groups is 1. The highest BCUT2D eigenvalue weighted by molar-refractivity contribution is 6.01. The van der Waals surface area contributed by atoms with E-state index in [1.165, 1.54) is 12.5 Å². The van der Waals surface area contributed by atoms with Gasteiger partial charge in [0.05, 0.1) is 23.1 Å². The van der Waals surface area contributed by atoms with Gasteiger partial charge in [-0.3, -0.25) is 14.9 Å². The predicted octanol–water partition coefficient (Wildman–Crippen LogP) is 8.41. The van der Waals surface area contributed by atoms with E-state index in [0.29, 0.717) is 5.56 Å². The number of aromatic amines is 2. The summed E-state index contributed by atoms with van der Waals surface area (Å²) in [6.45, 7) is 2.03. The quantitative estimate of drug-likeness (QED) is 0.204. The fourth-order valence-corrected chi connectivity index (χ4v) is 6.09. The molecule has 41 heavy (non-hydrogen) atoms. The molecule has 0 bridgehead atoms. The number of aryl methyl sites for hydroxylation is 1. The largest absolute Gasteiger partial charge is 0.353 e. The highest BCUT2D eigenvalue weighted by Crippen LogP contribution is 2.36. The number of halogens is 1. The lowest BCUT2D eigenvalue weighted by Crippen LogP contribution is -2.24. The summed E-state index contributed by atoms with van der Waals surface area (Å²) in [7, 11) is 0. The van der Waals surface area contributed by atoms with Crippen molar-refractivity contribution in [1.29, 1.82) is 0 Å². The normalized spacial score (nSPS) is 14.1. The van der Waals surface area contributed by atoms with Crippen LogP contribution in [0.4, 0.5) is 10.1 Å². The number of benzene rings is 3. The SMILES string of the molecule is Cc1cc(NC(=O)C2CCCCC2)cc(-c2cc3c(-c4cc5c(-c6ccccc6F)cccc5[nH]4)n[nH]c3cn2)c1. The Morgan fingerprint density at radius 1 is 0.902 bits per heavy atom. The first-order valence-electron chi connectivity index (χ1n) is 14.2. The van der Waals surface area contributed by atoms with Crippen molar-refractivity contribution >= 4 is 33.4 Å². The zero-order valence-corrected chi connectivity index (χ0v) is 22.8. The lowest BCUT2D eigenvalue weighted by Gasteiger charge is -2.21. The Bertz CT molecular complexity index is 1910. The molecule has 3 aromatic carbocycles. The highest BCUT2D eigenvalue weighted by atomic mass is 19.1. The van der Waals surface area contributed by atoms with Crippen molar-refractivity contribution in [3.05, 3.63) is 90.4 Å². The van der Waals surface area contributed by atoms with E-state index in [0.717, 1.165) is 86.9 Å². The molecule has 0 aliphatic heterocycles. The van der Waals surface area contributed by atoms with Crippen LogP contribution in [-0.4, -0.2) is 26.1 Å². The van der Waals surface area contributed by atoms with Crippen molar-refractivity contribution in [3.63, 3.8) is 0 Å². The van der Waals surface area contributed by atoms with Crippen molar-refractivity contribution in [2.24, 2.45) is 5.92 Å². The van der Waals surface area contributed by atoms with Crippen LogP contribution in [0.25, 0.3) is 55.6 Å². The average molecular weight is 544 g/mol. The summed E-state index contributed by atoms with van der Waals surface area (Å²) in [6, 6.07) is 22.8. The Hall–Kier alpha value is -4.78. The number of hydrogen-bond acceptors (Lipinski definition) is 3. The van der Waals surface area contributed by atoms with Gasteiger partial charge in [0, 0.05) is 39.0 Å². The molecule has 3 heterocycles. The zero-order valence-electron chi connectivity index (χ0n) is 22.8. The number of rotatable bonds is 5. The lowest BCUT2D eigenvalue weighted by molar-refractivity contribution is -0.120. The maximum atomic E-state index is 14.7. The number of aromatic nitrogens is 4. The van der Waals surface area contributed by atoms with Crippen LogP contribution < -0.4 is 5.32 Å². The first-order chi connectivity index (χ1) is 20.0. The summed E-state index contributed by atoms with van der Waals surface area (Å²) in [5.41, 5.74) is 8.26.